The topological polar surface area (TPSA) is 74.5 Å². The van der Waals surface area contributed by atoms with Crippen LogP contribution in [0.4, 0.5) is 14.5 Å². The molecule has 0 radical (unpaired) electrons. The SMILES string of the molecule is C#CCOc1ccc(C2=CN=C3C(Nc4ccc(C(=O)CC(=N)[C@@H](C)CC)c(CC)c4)=CC=CCC23)c(F)c1F. The van der Waals surface area contributed by atoms with Crippen molar-refractivity contribution in [2.45, 2.75) is 46.5 Å². The highest BCUT2D eigenvalue weighted by molar-refractivity contribution is 6.13. The third kappa shape index (κ3) is 5.96. The molecule has 0 saturated heterocycles. The largest absolute Gasteiger partial charge is 0.478 e. The lowest BCUT2D eigenvalue weighted by Gasteiger charge is -2.20. The van der Waals surface area contributed by atoms with Gasteiger partial charge in [-0.3, -0.25) is 9.79 Å². The Morgan fingerprint density at radius 3 is 2.77 bits per heavy atom. The Balaban J connectivity index is 1.54. The Hall–Kier alpha value is -4.31. The van der Waals surface area contributed by atoms with Gasteiger partial charge in [0.1, 0.15) is 6.61 Å². The molecule has 2 aliphatic rings. The summed E-state index contributed by atoms with van der Waals surface area (Å²) in [6.45, 7) is 5.81. The number of nitrogens with one attached hydrogen (secondary N) is 2. The zero-order valence-corrected chi connectivity index (χ0v) is 23.0. The predicted molar refractivity (Wildman–Crippen MR) is 157 cm³/mol. The monoisotopic (exact) mass is 541 g/mol. The van der Waals surface area contributed by atoms with Crippen molar-refractivity contribution in [3.63, 3.8) is 0 Å². The Morgan fingerprint density at radius 1 is 1.25 bits per heavy atom. The molecule has 1 unspecified atom stereocenters. The lowest BCUT2D eigenvalue weighted by Crippen LogP contribution is -2.19. The number of carbonyl (C=O) groups excluding carboxylic acids is 1. The Morgan fingerprint density at radius 2 is 2.05 bits per heavy atom. The van der Waals surface area contributed by atoms with Crippen molar-refractivity contribution in [2.24, 2.45) is 16.8 Å². The number of hydrogen-bond acceptors (Lipinski definition) is 5. The van der Waals surface area contributed by atoms with Crippen molar-refractivity contribution in [3.05, 3.63) is 88.8 Å². The van der Waals surface area contributed by atoms with E-state index in [9.17, 15) is 9.18 Å². The van der Waals surface area contributed by atoms with Gasteiger partial charge in [-0.2, -0.15) is 4.39 Å². The number of anilines is 1. The second-order valence-electron chi connectivity index (χ2n) is 9.91. The van der Waals surface area contributed by atoms with Gasteiger partial charge in [0.2, 0.25) is 5.82 Å². The molecule has 0 bridgehead atoms. The maximum atomic E-state index is 15.1. The molecule has 7 heteroatoms. The number of nitrogens with zero attached hydrogens (tertiary/aromatic N) is 1. The number of benzene rings is 2. The summed E-state index contributed by atoms with van der Waals surface area (Å²) in [7, 11) is 0. The van der Waals surface area contributed by atoms with E-state index >= 15 is 4.39 Å². The van der Waals surface area contributed by atoms with Crippen LogP contribution in [-0.2, 0) is 6.42 Å². The number of fused-ring (bicyclic) bond motifs is 1. The lowest BCUT2D eigenvalue weighted by atomic mass is 9.87. The number of allylic oxidation sites excluding steroid dienone is 5. The van der Waals surface area contributed by atoms with Crippen molar-refractivity contribution >= 4 is 28.5 Å². The van der Waals surface area contributed by atoms with Gasteiger partial charge in [0.25, 0.3) is 0 Å². The van der Waals surface area contributed by atoms with Gasteiger partial charge in [-0.05, 0) is 72.7 Å². The van der Waals surface area contributed by atoms with Crippen molar-refractivity contribution < 1.29 is 18.3 Å². The summed E-state index contributed by atoms with van der Waals surface area (Å²) in [6.07, 6.45) is 14.7. The fraction of sp³-hybridized carbons (Fsp3) is 0.303. The average Bonchev–Trinajstić information content (AvgIpc) is 3.27. The van der Waals surface area contributed by atoms with Gasteiger partial charge in [-0.25, -0.2) is 4.39 Å². The van der Waals surface area contributed by atoms with Crippen molar-refractivity contribution in [1.82, 2.24) is 0 Å². The number of Topliss-reactive ketones (excluding diaryl/α,β-unsaturated/α-hetero) is 1. The Kier molecular flexibility index (Phi) is 9.11. The lowest BCUT2D eigenvalue weighted by molar-refractivity contribution is 0.0998. The number of rotatable bonds is 11. The number of halogens is 2. The zero-order valence-electron chi connectivity index (χ0n) is 23.0. The van der Waals surface area contributed by atoms with Crippen LogP contribution in [0.15, 0.2) is 65.4 Å². The minimum atomic E-state index is -1.08. The van der Waals surface area contributed by atoms with Crippen LogP contribution >= 0.6 is 0 Å². The van der Waals surface area contributed by atoms with Crippen LogP contribution in [0.1, 0.15) is 61.5 Å². The highest BCUT2D eigenvalue weighted by Gasteiger charge is 2.31. The molecule has 0 spiro atoms. The average molecular weight is 542 g/mol. The van der Waals surface area contributed by atoms with Crippen LogP contribution in [0.2, 0.25) is 0 Å². The summed E-state index contributed by atoms with van der Waals surface area (Å²) in [5.41, 5.74) is 4.91. The molecule has 2 aromatic carbocycles. The number of ether oxygens (including phenoxy) is 1. The van der Waals surface area contributed by atoms with Crippen molar-refractivity contribution in [2.75, 3.05) is 11.9 Å². The fourth-order valence-corrected chi connectivity index (χ4v) is 4.86. The molecular formula is C33H33F2N3O2. The van der Waals surface area contributed by atoms with Gasteiger partial charge in [-0.15, -0.1) is 6.42 Å². The summed E-state index contributed by atoms with van der Waals surface area (Å²) in [4.78, 5) is 17.6. The summed E-state index contributed by atoms with van der Waals surface area (Å²) in [5.74, 6) is -0.320. The van der Waals surface area contributed by atoms with E-state index in [4.69, 9.17) is 16.6 Å². The van der Waals surface area contributed by atoms with Gasteiger partial charge in [0, 0.05) is 41.1 Å². The second kappa shape index (κ2) is 12.7. The second-order valence-corrected chi connectivity index (χ2v) is 9.91. The fourth-order valence-electron chi connectivity index (χ4n) is 4.86. The number of aryl methyl sites for hydroxylation is 1. The molecule has 2 aromatic rings. The number of carbonyl (C=O) groups is 1. The molecule has 206 valence electrons. The molecule has 1 aliphatic heterocycles. The van der Waals surface area contributed by atoms with E-state index in [0.29, 0.717) is 35.4 Å². The molecule has 0 amide bonds. The first-order chi connectivity index (χ1) is 19.3. The summed E-state index contributed by atoms with van der Waals surface area (Å²) in [6, 6.07) is 8.46. The first kappa shape index (κ1) is 28.7. The van der Waals surface area contributed by atoms with Gasteiger partial charge < -0.3 is 15.5 Å². The molecule has 0 saturated carbocycles. The van der Waals surface area contributed by atoms with Gasteiger partial charge >= 0.3 is 0 Å². The van der Waals surface area contributed by atoms with E-state index in [1.807, 2.05) is 51.1 Å². The van der Waals surface area contributed by atoms with Gasteiger partial charge in [-0.1, -0.05) is 38.8 Å². The van der Waals surface area contributed by atoms with E-state index in [1.165, 1.54) is 12.1 Å². The molecule has 0 aromatic heterocycles. The van der Waals surface area contributed by atoms with Crippen LogP contribution in [-0.4, -0.2) is 23.8 Å². The van der Waals surface area contributed by atoms with Crippen LogP contribution < -0.4 is 10.1 Å². The standard InChI is InChI=1S/C33H33F2N3O2/c1-5-16-40-30-15-14-24(31(34)32(30)35)26-19-37-33-25(26)10-8-9-11-28(33)38-22-12-13-23(21(7-3)17-22)29(39)18-27(36)20(4)6-2/h1,8-9,11-15,17,19-20,25,36,38H,6-7,10,16,18H2,2-4H3/t20-,25?/m0/s1. The smallest absolute Gasteiger partial charge is 0.201 e. The predicted octanol–water partition coefficient (Wildman–Crippen LogP) is 7.55. The molecule has 1 heterocycles. The maximum Gasteiger partial charge on any atom is 0.201 e. The Bertz CT molecular complexity index is 1490. The Labute approximate surface area is 234 Å². The molecule has 40 heavy (non-hydrogen) atoms. The summed E-state index contributed by atoms with van der Waals surface area (Å²) >= 11 is 0. The van der Waals surface area contributed by atoms with E-state index in [2.05, 4.69) is 16.2 Å². The van der Waals surface area contributed by atoms with Gasteiger partial charge in [0.05, 0.1) is 11.4 Å². The number of ketones is 1. The van der Waals surface area contributed by atoms with Crippen molar-refractivity contribution in [1.29, 1.82) is 5.41 Å². The first-order valence-corrected chi connectivity index (χ1v) is 13.5. The molecule has 1 aliphatic carbocycles. The molecule has 4 rings (SSSR count). The highest BCUT2D eigenvalue weighted by atomic mass is 19.2. The third-order valence-electron chi connectivity index (χ3n) is 7.39. The van der Waals surface area contributed by atoms with Crippen molar-refractivity contribution in [3.8, 4) is 18.1 Å². The molecule has 2 atom stereocenters. The van der Waals surface area contributed by atoms with Crippen LogP contribution in [0.5, 0.6) is 5.75 Å². The van der Waals surface area contributed by atoms with E-state index < -0.39 is 11.6 Å². The number of hydrogen-bond donors (Lipinski definition) is 2. The zero-order chi connectivity index (χ0) is 28.8. The molecular weight excluding hydrogens is 508 g/mol. The van der Waals surface area contributed by atoms with E-state index in [-0.39, 0.29) is 42.0 Å². The van der Waals surface area contributed by atoms with E-state index in [1.54, 1.807) is 12.3 Å². The highest BCUT2D eigenvalue weighted by Crippen LogP contribution is 2.39. The number of aliphatic imine (C=N–C) groups is 1. The van der Waals surface area contributed by atoms with Gasteiger partial charge in [0.15, 0.2) is 17.3 Å². The van der Waals surface area contributed by atoms with Crippen LogP contribution in [0.25, 0.3) is 5.57 Å². The van der Waals surface area contributed by atoms with Crippen LogP contribution in [0.3, 0.4) is 0 Å². The quantitative estimate of drug-likeness (QED) is 0.175. The minimum Gasteiger partial charge on any atom is -0.478 e. The summed E-state index contributed by atoms with van der Waals surface area (Å²) < 4.78 is 34.9. The number of terminal acetylenes is 1. The normalized spacial score (nSPS) is 16.6. The van der Waals surface area contributed by atoms with E-state index in [0.717, 1.165) is 23.4 Å². The maximum absolute atomic E-state index is 15.1. The minimum absolute atomic E-state index is 0.0515. The molecule has 2 N–H and O–H groups in total. The molecule has 0 fully saturated rings. The first-order valence-electron chi connectivity index (χ1n) is 13.5. The van der Waals surface area contributed by atoms with Crippen LogP contribution in [0, 0.1) is 41.2 Å². The molecule has 5 nitrogen and oxygen atoms in total. The summed E-state index contributed by atoms with van der Waals surface area (Å²) in [5, 5.41) is 11.6. The third-order valence-corrected chi connectivity index (χ3v) is 7.39.